The molecule has 1 aliphatic heterocycles. The number of benzene rings is 4. The molecule has 6 heteroatoms. The van der Waals surface area contributed by atoms with E-state index in [0.717, 1.165) is 22.3 Å². The number of rotatable bonds is 9. The Labute approximate surface area is 236 Å². The first-order valence-electron chi connectivity index (χ1n) is 13.6. The lowest BCUT2D eigenvalue weighted by atomic mass is 9.82. The summed E-state index contributed by atoms with van der Waals surface area (Å²) < 4.78 is 6.20. The highest BCUT2D eigenvalue weighted by Crippen LogP contribution is 2.55. The number of fused-ring (bicyclic) bond motifs is 1. The second-order valence-electron chi connectivity index (χ2n) is 10.1. The largest absolute Gasteiger partial charge is 0.438 e. The van der Waals surface area contributed by atoms with Crippen LogP contribution in [0.15, 0.2) is 115 Å². The second kappa shape index (κ2) is 11.6. The van der Waals surface area contributed by atoms with E-state index in [2.05, 4.69) is 36.4 Å². The van der Waals surface area contributed by atoms with Gasteiger partial charge in [0.05, 0.1) is 5.69 Å². The van der Waals surface area contributed by atoms with Crippen molar-refractivity contribution in [1.82, 2.24) is 0 Å². The van der Waals surface area contributed by atoms with Crippen LogP contribution in [0.1, 0.15) is 36.5 Å². The number of ether oxygens (including phenoxy) is 1. The number of esters is 1. The molecular formula is C34H33NO4P+. The smallest absolute Gasteiger partial charge is 0.346 e. The molecule has 0 N–H and O–H groups in total. The first-order chi connectivity index (χ1) is 19.4. The average Bonchev–Trinajstić information content (AvgIpc) is 3.01. The minimum atomic E-state index is -2.56. The highest BCUT2D eigenvalue weighted by Gasteiger charge is 2.57. The van der Waals surface area contributed by atoms with Gasteiger partial charge in [0, 0.05) is 19.0 Å². The van der Waals surface area contributed by atoms with Crippen molar-refractivity contribution in [2.24, 2.45) is 0 Å². The van der Waals surface area contributed by atoms with Crippen LogP contribution in [0.3, 0.4) is 0 Å². The molecule has 0 bridgehead atoms. The van der Waals surface area contributed by atoms with Crippen LogP contribution in [-0.4, -0.2) is 36.5 Å². The quantitative estimate of drug-likeness (QED) is 0.161. The van der Waals surface area contributed by atoms with Gasteiger partial charge in [0.15, 0.2) is 6.16 Å². The normalized spacial score (nSPS) is 16.9. The van der Waals surface area contributed by atoms with E-state index in [1.165, 1.54) is 4.90 Å². The Kier molecular flexibility index (Phi) is 7.95. The molecule has 1 unspecified atom stereocenters. The predicted molar refractivity (Wildman–Crippen MR) is 163 cm³/mol. The highest BCUT2D eigenvalue weighted by atomic mass is 31.2. The van der Waals surface area contributed by atoms with Crippen LogP contribution in [-0.2, 0) is 14.3 Å². The Hall–Kier alpha value is -4.08. The lowest BCUT2D eigenvalue weighted by Crippen LogP contribution is -2.60. The fourth-order valence-corrected chi connectivity index (χ4v) is 9.57. The van der Waals surface area contributed by atoms with Crippen molar-refractivity contribution in [3.05, 3.63) is 121 Å². The number of unbranched alkanes of at least 4 members (excludes halogenated alkanes) is 1. The van der Waals surface area contributed by atoms with Crippen molar-refractivity contribution < 1.29 is 19.1 Å². The molecule has 4 aromatic rings. The molecule has 0 saturated carbocycles. The van der Waals surface area contributed by atoms with Crippen molar-refractivity contribution in [3.8, 4) is 0 Å². The molecule has 5 rings (SSSR count). The molecule has 0 aromatic heterocycles. The lowest BCUT2D eigenvalue weighted by Gasteiger charge is -2.39. The van der Waals surface area contributed by atoms with Gasteiger partial charge in [-0.05, 0) is 55.0 Å². The van der Waals surface area contributed by atoms with Gasteiger partial charge in [-0.3, -0.25) is 9.59 Å². The van der Waals surface area contributed by atoms with Gasteiger partial charge in [-0.1, -0.05) is 80.1 Å². The van der Waals surface area contributed by atoms with Crippen molar-refractivity contribution in [2.45, 2.75) is 31.8 Å². The minimum Gasteiger partial charge on any atom is -0.438 e. The molecule has 1 amide bonds. The molecule has 0 radical (unpaired) electrons. The van der Waals surface area contributed by atoms with Gasteiger partial charge < -0.3 is 9.64 Å². The maximum atomic E-state index is 14.2. The summed E-state index contributed by atoms with van der Waals surface area (Å²) in [4.78, 5) is 43.5. The lowest BCUT2D eigenvalue weighted by molar-refractivity contribution is -0.160. The average molecular weight is 551 g/mol. The van der Waals surface area contributed by atoms with Crippen LogP contribution in [0, 0.1) is 0 Å². The zero-order chi connectivity index (χ0) is 28.2. The zero-order valence-corrected chi connectivity index (χ0v) is 23.7. The molecule has 1 heterocycles. The van der Waals surface area contributed by atoms with E-state index in [1.807, 2.05) is 61.5 Å². The Morgan fingerprint density at radius 2 is 1.23 bits per heavy atom. The summed E-state index contributed by atoms with van der Waals surface area (Å²) in [5, 5.41) is 3.07. The molecule has 0 saturated heterocycles. The number of amides is 1. The summed E-state index contributed by atoms with van der Waals surface area (Å²) in [6.07, 6.45) is 1.47. The number of ketones is 1. The van der Waals surface area contributed by atoms with Crippen molar-refractivity contribution in [3.63, 3.8) is 0 Å². The first kappa shape index (κ1) is 27.5. The van der Waals surface area contributed by atoms with Gasteiger partial charge in [0.2, 0.25) is 5.78 Å². The van der Waals surface area contributed by atoms with Crippen molar-refractivity contribution in [1.29, 1.82) is 0 Å². The minimum absolute atomic E-state index is 0.0187. The van der Waals surface area contributed by atoms with Gasteiger partial charge in [-0.25, -0.2) is 4.79 Å². The molecule has 1 atom stereocenters. The summed E-state index contributed by atoms with van der Waals surface area (Å²) in [5.74, 6) is -1.51. The van der Waals surface area contributed by atoms with Gasteiger partial charge in [-0.15, -0.1) is 0 Å². The highest BCUT2D eigenvalue weighted by molar-refractivity contribution is 7.96. The molecule has 0 spiro atoms. The van der Waals surface area contributed by atoms with E-state index in [-0.39, 0.29) is 12.6 Å². The molecule has 202 valence electrons. The number of anilines is 1. The summed E-state index contributed by atoms with van der Waals surface area (Å²) >= 11 is 0. The van der Waals surface area contributed by atoms with Crippen LogP contribution < -0.4 is 20.8 Å². The third-order valence-electron chi connectivity index (χ3n) is 7.65. The fourth-order valence-electron chi connectivity index (χ4n) is 5.63. The van der Waals surface area contributed by atoms with Gasteiger partial charge in [0.1, 0.15) is 23.2 Å². The monoisotopic (exact) mass is 550 g/mol. The van der Waals surface area contributed by atoms with Crippen LogP contribution in [0.5, 0.6) is 0 Å². The summed E-state index contributed by atoms with van der Waals surface area (Å²) in [6, 6.07) is 37.0. The molecule has 1 aliphatic rings. The number of nitrogens with zero attached hydrogens (tertiary/aromatic N) is 1. The Morgan fingerprint density at radius 3 is 1.73 bits per heavy atom. The summed E-state index contributed by atoms with van der Waals surface area (Å²) in [6.45, 7) is 1.99. The molecule has 0 aliphatic carbocycles. The SMILES string of the molecule is CCCCC1(OC(=O)C[P+](c2ccccc2)(c2ccccc2)c2ccccc2)C(=O)c2ccccc2N(C)C1=O. The van der Waals surface area contributed by atoms with Crippen molar-refractivity contribution in [2.75, 3.05) is 18.1 Å². The molecule has 5 nitrogen and oxygen atoms in total. The number of hydrogen-bond acceptors (Lipinski definition) is 4. The third-order valence-corrected chi connectivity index (χ3v) is 11.9. The third kappa shape index (κ3) is 4.76. The Morgan fingerprint density at radius 1 is 0.750 bits per heavy atom. The Balaban J connectivity index is 1.63. The van der Waals surface area contributed by atoms with Gasteiger partial charge >= 0.3 is 5.97 Å². The molecule has 4 aromatic carbocycles. The van der Waals surface area contributed by atoms with E-state index < -0.39 is 30.5 Å². The summed E-state index contributed by atoms with van der Waals surface area (Å²) in [5.41, 5.74) is -0.972. The zero-order valence-electron chi connectivity index (χ0n) is 22.8. The van der Waals surface area contributed by atoms with Gasteiger partial charge in [-0.2, -0.15) is 0 Å². The van der Waals surface area contributed by atoms with Crippen LogP contribution in [0.25, 0.3) is 0 Å². The molecular weight excluding hydrogens is 517 g/mol. The first-order valence-corrected chi connectivity index (χ1v) is 15.6. The maximum Gasteiger partial charge on any atom is 0.346 e. The van der Waals surface area contributed by atoms with E-state index in [0.29, 0.717) is 17.7 Å². The van der Waals surface area contributed by atoms with Gasteiger partial charge in [0.25, 0.3) is 11.5 Å². The number of hydrogen-bond donors (Lipinski definition) is 0. The molecule has 0 fully saturated rings. The topological polar surface area (TPSA) is 63.7 Å². The summed E-state index contributed by atoms with van der Waals surface area (Å²) in [7, 11) is -0.928. The fraction of sp³-hybridized carbons (Fsp3) is 0.206. The number of carbonyl (C=O) groups is 3. The van der Waals surface area contributed by atoms with E-state index in [1.54, 1.807) is 31.3 Å². The predicted octanol–water partition coefficient (Wildman–Crippen LogP) is 5.31. The van der Waals surface area contributed by atoms with Crippen LogP contribution in [0.4, 0.5) is 5.69 Å². The second-order valence-corrected chi connectivity index (χ2v) is 13.6. The standard InChI is InChI=1S/C34H33NO4P/c1-3-4-24-34(32(37)29-22-14-15-23-30(29)35(2)33(34)38)39-31(36)25-40(26-16-8-5-9-17-26,27-18-10-6-11-19-27)28-20-12-7-13-21-28/h5-23H,3-4,24-25H2,1-2H3/q+1. The number of Topliss-reactive ketones (excluding diaryl/α,β-unsaturated/α-hetero) is 1. The Bertz CT molecular complexity index is 1410. The van der Waals surface area contributed by atoms with Crippen LogP contribution in [0.2, 0.25) is 0 Å². The number of para-hydroxylation sites is 1. The van der Waals surface area contributed by atoms with E-state index in [4.69, 9.17) is 4.74 Å². The van der Waals surface area contributed by atoms with Crippen molar-refractivity contribution >= 4 is 46.5 Å². The van der Waals surface area contributed by atoms with E-state index in [9.17, 15) is 14.4 Å². The van der Waals surface area contributed by atoms with E-state index >= 15 is 0 Å². The molecule has 40 heavy (non-hydrogen) atoms. The number of carbonyl (C=O) groups excluding carboxylic acids is 3. The maximum absolute atomic E-state index is 14.2. The number of likely N-dealkylation sites (N-methyl/N-ethyl adjacent to an activating group) is 1. The van der Waals surface area contributed by atoms with Crippen LogP contribution >= 0.6 is 7.26 Å².